The van der Waals surface area contributed by atoms with Gasteiger partial charge in [0.1, 0.15) is 11.4 Å². The number of anilines is 1. The van der Waals surface area contributed by atoms with Crippen LogP contribution < -0.4 is 10.1 Å². The number of hydrogen-bond acceptors (Lipinski definition) is 8. The van der Waals surface area contributed by atoms with Crippen LogP contribution >= 0.6 is 0 Å². The van der Waals surface area contributed by atoms with Crippen LogP contribution in [0.25, 0.3) is 10.8 Å². The fourth-order valence-electron chi connectivity index (χ4n) is 3.00. The molecule has 172 valence electrons. The minimum absolute atomic E-state index is 0.0806. The molecule has 0 radical (unpaired) electrons. The van der Waals surface area contributed by atoms with Crippen LogP contribution in [0.4, 0.5) is 11.4 Å². The Hall–Kier alpha value is -3.99. The molecule has 0 spiro atoms. The first-order valence-electron chi connectivity index (χ1n) is 9.69. The van der Waals surface area contributed by atoms with Gasteiger partial charge in [-0.3, -0.25) is 19.7 Å². The SMILES string of the molecule is COc1ccc([N+](=O)[O-])c(NC(=O)COC(=O)CCS(=O)(=O)c2ccc3ccccc3c2)c1. The van der Waals surface area contributed by atoms with Gasteiger partial charge in [0.25, 0.3) is 11.6 Å². The standard InChI is InChI=1S/C22H20N2O8S/c1-31-17-7-9-20(24(27)28)19(13-17)23-21(25)14-32-22(26)10-11-33(29,30)18-8-6-15-4-2-3-5-16(15)12-18/h2-9,12-13H,10-11,14H2,1H3,(H,23,25). The molecule has 0 unspecified atom stereocenters. The average molecular weight is 472 g/mol. The number of hydrogen-bond donors (Lipinski definition) is 1. The smallest absolute Gasteiger partial charge is 0.307 e. The molecule has 0 aliphatic carbocycles. The van der Waals surface area contributed by atoms with E-state index in [2.05, 4.69) is 5.32 Å². The van der Waals surface area contributed by atoms with Crippen molar-refractivity contribution in [2.75, 3.05) is 24.8 Å². The molecule has 0 aliphatic heterocycles. The molecular formula is C22H20N2O8S. The molecule has 1 N–H and O–H groups in total. The van der Waals surface area contributed by atoms with Gasteiger partial charge in [-0.1, -0.05) is 30.3 Å². The summed E-state index contributed by atoms with van der Waals surface area (Å²) in [5.74, 6) is -1.92. The number of sulfone groups is 1. The van der Waals surface area contributed by atoms with Gasteiger partial charge in [-0.15, -0.1) is 0 Å². The van der Waals surface area contributed by atoms with Crippen molar-refractivity contribution >= 4 is 43.9 Å². The summed E-state index contributed by atoms with van der Waals surface area (Å²) in [5.41, 5.74) is -0.490. The summed E-state index contributed by atoms with van der Waals surface area (Å²) < 4.78 is 34.9. The van der Waals surface area contributed by atoms with Crippen LogP contribution in [0, 0.1) is 10.1 Å². The molecule has 0 atom stereocenters. The lowest BCUT2D eigenvalue weighted by molar-refractivity contribution is -0.383. The Morgan fingerprint density at radius 3 is 2.45 bits per heavy atom. The molecule has 11 heteroatoms. The molecular weight excluding hydrogens is 452 g/mol. The fraction of sp³-hybridized carbons (Fsp3) is 0.182. The number of ether oxygens (including phenoxy) is 2. The summed E-state index contributed by atoms with van der Waals surface area (Å²) in [4.78, 5) is 34.5. The van der Waals surface area contributed by atoms with Crippen LogP contribution in [0.5, 0.6) is 5.75 Å². The Bertz CT molecular complexity index is 1320. The van der Waals surface area contributed by atoms with Gasteiger partial charge in [0.2, 0.25) is 0 Å². The summed E-state index contributed by atoms with van der Waals surface area (Å²) >= 11 is 0. The Balaban J connectivity index is 1.56. The minimum atomic E-state index is -3.75. The number of nitrogens with one attached hydrogen (secondary N) is 1. The lowest BCUT2D eigenvalue weighted by Gasteiger charge is -2.09. The highest BCUT2D eigenvalue weighted by Gasteiger charge is 2.20. The predicted molar refractivity (Wildman–Crippen MR) is 120 cm³/mol. The molecule has 10 nitrogen and oxygen atoms in total. The molecule has 0 fully saturated rings. The van der Waals surface area contributed by atoms with Gasteiger partial charge in [0, 0.05) is 12.1 Å². The number of nitro benzene ring substituents is 1. The zero-order valence-electron chi connectivity index (χ0n) is 17.5. The van der Waals surface area contributed by atoms with E-state index in [1.165, 1.54) is 31.4 Å². The molecule has 3 aromatic rings. The van der Waals surface area contributed by atoms with Crippen molar-refractivity contribution in [2.45, 2.75) is 11.3 Å². The maximum absolute atomic E-state index is 12.6. The van der Waals surface area contributed by atoms with Gasteiger partial charge in [-0.25, -0.2) is 8.42 Å². The highest BCUT2D eigenvalue weighted by Crippen LogP contribution is 2.28. The van der Waals surface area contributed by atoms with Crippen molar-refractivity contribution < 1.29 is 32.4 Å². The third kappa shape index (κ3) is 6.04. The van der Waals surface area contributed by atoms with Crippen molar-refractivity contribution in [3.05, 3.63) is 70.8 Å². The minimum Gasteiger partial charge on any atom is -0.497 e. The molecule has 0 aliphatic rings. The monoisotopic (exact) mass is 472 g/mol. The molecule has 0 saturated heterocycles. The predicted octanol–water partition coefficient (Wildman–Crippen LogP) is 3.10. The Labute approximate surface area is 189 Å². The molecule has 3 rings (SSSR count). The number of methoxy groups -OCH3 is 1. The van der Waals surface area contributed by atoms with Gasteiger partial charge in [-0.2, -0.15) is 0 Å². The van der Waals surface area contributed by atoms with Gasteiger partial charge >= 0.3 is 5.97 Å². The van der Waals surface area contributed by atoms with Crippen molar-refractivity contribution in [1.29, 1.82) is 0 Å². The van der Waals surface area contributed by atoms with Crippen molar-refractivity contribution in [3.8, 4) is 5.75 Å². The molecule has 3 aromatic carbocycles. The van der Waals surface area contributed by atoms with E-state index in [0.29, 0.717) is 0 Å². The molecule has 0 heterocycles. The maximum Gasteiger partial charge on any atom is 0.307 e. The number of amides is 1. The van der Waals surface area contributed by atoms with E-state index < -0.39 is 45.4 Å². The van der Waals surface area contributed by atoms with Crippen LogP contribution in [-0.4, -0.2) is 44.7 Å². The fourth-order valence-corrected chi connectivity index (χ4v) is 4.26. The van der Waals surface area contributed by atoms with Gasteiger partial charge < -0.3 is 14.8 Å². The Morgan fingerprint density at radius 1 is 1.03 bits per heavy atom. The van der Waals surface area contributed by atoms with E-state index >= 15 is 0 Å². The molecule has 33 heavy (non-hydrogen) atoms. The first-order chi connectivity index (χ1) is 15.7. The number of esters is 1. The van der Waals surface area contributed by atoms with Gasteiger partial charge in [0.15, 0.2) is 16.4 Å². The quantitative estimate of drug-likeness (QED) is 0.284. The van der Waals surface area contributed by atoms with Gasteiger partial charge in [0.05, 0.1) is 29.1 Å². The zero-order chi connectivity index (χ0) is 24.0. The topological polar surface area (TPSA) is 142 Å². The largest absolute Gasteiger partial charge is 0.497 e. The van der Waals surface area contributed by atoms with Crippen molar-refractivity contribution in [2.24, 2.45) is 0 Å². The number of carbonyl (C=O) groups excluding carboxylic acids is 2. The lowest BCUT2D eigenvalue weighted by atomic mass is 10.1. The first-order valence-corrected chi connectivity index (χ1v) is 11.3. The summed E-state index contributed by atoms with van der Waals surface area (Å²) in [6.07, 6.45) is -0.457. The molecule has 0 saturated carbocycles. The van der Waals surface area contributed by atoms with Gasteiger partial charge in [-0.05, 0) is 29.0 Å². The average Bonchev–Trinajstić information content (AvgIpc) is 2.80. The molecule has 1 amide bonds. The normalized spacial score (nSPS) is 11.1. The summed E-state index contributed by atoms with van der Waals surface area (Å²) in [5, 5.41) is 15.0. The van der Waals surface area contributed by atoms with Crippen LogP contribution in [0.3, 0.4) is 0 Å². The second kappa shape index (κ2) is 10.1. The number of rotatable bonds is 9. The zero-order valence-corrected chi connectivity index (χ0v) is 18.3. The summed E-state index contributed by atoms with van der Waals surface area (Å²) in [6, 6.07) is 15.7. The van der Waals surface area contributed by atoms with Crippen LogP contribution in [0.15, 0.2) is 65.6 Å². The second-order valence-electron chi connectivity index (χ2n) is 6.93. The second-order valence-corrected chi connectivity index (χ2v) is 9.04. The summed E-state index contributed by atoms with van der Waals surface area (Å²) in [7, 11) is -2.39. The maximum atomic E-state index is 12.6. The number of fused-ring (bicyclic) bond motifs is 1. The van der Waals surface area contributed by atoms with E-state index in [1.54, 1.807) is 18.2 Å². The van der Waals surface area contributed by atoms with Crippen LogP contribution in [0.1, 0.15) is 6.42 Å². The highest BCUT2D eigenvalue weighted by molar-refractivity contribution is 7.91. The number of nitrogens with zero attached hydrogens (tertiary/aromatic N) is 1. The number of nitro groups is 1. The third-order valence-electron chi connectivity index (χ3n) is 4.69. The van der Waals surface area contributed by atoms with Crippen molar-refractivity contribution in [1.82, 2.24) is 0 Å². The Morgan fingerprint density at radius 2 is 1.76 bits per heavy atom. The van der Waals surface area contributed by atoms with Crippen molar-refractivity contribution in [3.63, 3.8) is 0 Å². The van der Waals surface area contributed by atoms with E-state index in [9.17, 15) is 28.1 Å². The van der Waals surface area contributed by atoms with E-state index in [4.69, 9.17) is 9.47 Å². The van der Waals surface area contributed by atoms with Crippen LogP contribution in [-0.2, 0) is 24.2 Å². The number of benzene rings is 3. The van der Waals surface area contributed by atoms with Crippen LogP contribution in [0.2, 0.25) is 0 Å². The van der Waals surface area contributed by atoms with E-state index in [-0.39, 0.29) is 22.0 Å². The highest BCUT2D eigenvalue weighted by atomic mass is 32.2. The molecule has 0 aromatic heterocycles. The molecule has 0 bridgehead atoms. The Kier molecular flexibility index (Phi) is 7.23. The summed E-state index contributed by atoms with van der Waals surface area (Å²) in [6.45, 7) is -0.733. The number of carbonyl (C=O) groups is 2. The first kappa shape index (κ1) is 23.7. The third-order valence-corrected chi connectivity index (χ3v) is 6.41. The van der Waals surface area contributed by atoms with E-state index in [1.807, 2.05) is 12.1 Å². The lowest BCUT2D eigenvalue weighted by Crippen LogP contribution is -2.22. The van der Waals surface area contributed by atoms with E-state index in [0.717, 1.165) is 16.8 Å².